The van der Waals surface area contributed by atoms with Gasteiger partial charge in [-0.15, -0.1) is 0 Å². The Kier molecular flexibility index (Phi) is 3.96. The van der Waals surface area contributed by atoms with E-state index in [9.17, 15) is 17.2 Å². The van der Waals surface area contributed by atoms with Crippen LogP contribution in [0.1, 0.15) is 5.56 Å². The predicted molar refractivity (Wildman–Crippen MR) is 64.0 cm³/mol. The highest BCUT2D eigenvalue weighted by atomic mass is 32.2. The number of nitrogens with one attached hydrogen (secondary N) is 1. The molecule has 0 radical (unpaired) electrons. The number of benzene rings is 1. The zero-order valence-corrected chi connectivity index (χ0v) is 10.6. The Balaban J connectivity index is 2.05. The molecule has 0 aliphatic rings. The molecule has 19 heavy (non-hydrogen) atoms. The molecule has 1 aromatic carbocycles. The molecular formula is C12H11F2NO3S. The molecule has 7 heteroatoms. The molecule has 2 rings (SSSR count). The molecular weight excluding hydrogens is 276 g/mol. The standard InChI is InChI=1S/C12H11F2NO3S/c13-10-5-11(14)7-12(6-10)19(16,17)15-3-1-9-2-4-18-8-9/h2,4-8,15H,1,3H2. The maximum Gasteiger partial charge on any atom is 0.240 e. The maximum atomic E-state index is 13.0. The smallest absolute Gasteiger partial charge is 0.240 e. The van der Waals surface area contributed by atoms with E-state index in [0.717, 1.165) is 17.7 Å². The van der Waals surface area contributed by atoms with Crippen LogP contribution in [-0.4, -0.2) is 15.0 Å². The number of sulfonamides is 1. The van der Waals surface area contributed by atoms with Crippen molar-refractivity contribution in [2.75, 3.05) is 6.54 Å². The van der Waals surface area contributed by atoms with Crippen molar-refractivity contribution < 1.29 is 21.6 Å². The number of furan rings is 1. The predicted octanol–water partition coefficient (Wildman–Crippen LogP) is 2.08. The Hall–Kier alpha value is -1.73. The van der Waals surface area contributed by atoms with Gasteiger partial charge in [0.2, 0.25) is 10.0 Å². The minimum absolute atomic E-state index is 0.111. The third-order valence-corrected chi connectivity index (χ3v) is 3.87. The van der Waals surface area contributed by atoms with Crippen molar-refractivity contribution >= 4 is 10.0 Å². The minimum Gasteiger partial charge on any atom is -0.472 e. The average Bonchev–Trinajstić information content (AvgIpc) is 2.80. The van der Waals surface area contributed by atoms with Crippen molar-refractivity contribution in [1.82, 2.24) is 4.72 Å². The van der Waals surface area contributed by atoms with Gasteiger partial charge >= 0.3 is 0 Å². The molecule has 0 atom stereocenters. The van der Waals surface area contributed by atoms with Gasteiger partial charge in [0.05, 0.1) is 17.4 Å². The summed E-state index contributed by atoms with van der Waals surface area (Å²) in [6.45, 7) is 0.111. The van der Waals surface area contributed by atoms with Crippen LogP contribution in [0.25, 0.3) is 0 Å². The van der Waals surface area contributed by atoms with Crippen LogP contribution in [-0.2, 0) is 16.4 Å². The van der Waals surface area contributed by atoms with Gasteiger partial charge in [0.25, 0.3) is 0 Å². The van der Waals surface area contributed by atoms with E-state index in [2.05, 4.69) is 4.72 Å². The molecule has 0 amide bonds. The Morgan fingerprint density at radius 2 is 1.84 bits per heavy atom. The van der Waals surface area contributed by atoms with Gasteiger partial charge in [-0.3, -0.25) is 0 Å². The SMILES string of the molecule is O=S(=O)(NCCc1ccoc1)c1cc(F)cc(F)c1. The Morgan fingerprint density at radius 1 is 1.16 bits per heavy atom. The Bertz CT molecular complexity index is 633. The lowest BCUT2D eigenvalue weighted by atomic mass is 10.2. The first-order chi connectivity index (χ1) is 8.97. The fraction of sp³-hybridized carbons (Fsp3) is 0.167. The van der Waals surface area contributed by atoms with E-state index in [1.807, 2.05) is 0 Å². The van der Waals surface area contributed by atoms with Crippen LogP contribution in [0, 0.1) is 11.6 Å². The van der Waals surface area contributed by atoms with Crippen LogP contribution in [0.3, 0.4) is 0 Å². The summed E-state index contributed by atoms with van der Waals surface area (Å²) < 4.78 is 56.6. The molecule has 0 saturated carbocycles. The molecule has 1 heterocycles. The van der Waals surface area contributed by atoms with E-state index in [0.29, 0.717) is 12.5 Å². The molecule has 4 nitrogen and oxygen atoms in total. The van der Waals surface area contributed by atoms with E-state index in [-0.39, 0.29) is 6.54 Å². The summed E-state index contributed by atoms with van der Waals surface area (Å²) in [5, 5.41) is 0. The van der Waals surface area contributed by atoms with E-state index in [4.69, 9.17) is 4.42 Å². The maximum absolute atomic E-state index is 13.0. The summed E-state index contributed by atoms with van der Waals surface area (Å²) in [7, 11) is -3.92. The molecule has 0 spiro atoms. The molecule has 102 valence electrons. The lowest BCUT2D eigenvalue weighted by Gasteiger charge is -2.06. The lowest BCUT2D eigenvalue weighted by Crippen LogP contribution is -2.26. The summed E-state index contributed by atoms with van der Waals surface area (Å²) in [5.74, 6) is -1.87. The lowest BCUT2D eigenvalue weighted by molar-refractivity contribution is 0.558. The van der Waals surface area contributed by atoms with Crippen LogP contribution >= 0.6 is 0 Å². The van der Waals surface area contributed by atoms with Gasteiger partial charge in [0, 0.05) is 12.6 Å². The first-order valence-electron chi connectivity index (χ1n) is 5.44. The molecule has 1 N–H and O–H groups in total. The first-order valence-corrected chi connectivity index (χ1v) is 6.92. The van der Waals surface area contributed by atoms with Crippen LogP contribution < -0.4 is 4.72 Å². The number of halogens is 2. The monoisotopic (exact) mass is 287 g/mol. The van der Waals surface area contributed by atoms with Gasteiger partial charge < -0.3 is 4.42 Å². The average molecular weight is 287 g/mol. The molecule has 0 aliphatic carbocycles. The van der Waals surface area contributed by atoms with Crippen LogP contribution in [0.4, 0.5) is 8.78 Å². The van der Waals surface area contributed by atoms with E-state index < -0.39 is 26.6 Å². The normalized spacial score (nSPS) is 11.7. The van der Waals surface area contributed by atoms with Crippen molar-refractivity contribution in [3.63, 3.8) is 0 Å². The van der Waals surface area contributed by atoms with Crippen LogP contribution in [0.2, 0.25) is 0 Å². The summed E-state index contributed by atoms with van der Waals surface area (Å²) >= 11 is 0. The molecule has 1 aromatic heterocycles. The molecule has 2 aromatic rings. The third kappa shape index (κ3) is 3.62. The quantitative estimate of drug-likeness (QED) is 0.916. The molecule has 0 fully saturated rings. The molecule has 0 bridgehead atoms. The van der Waals surface area contributed by atoms with Crippen molar-refractivity contribution in [2.45, 2.75) is 11.3 Å². The van der Waals surface area contributed by atoms with Gasteiger partial charge in [-0.2, -0.15) is 0 Å². The highest BCUT2D eigenvalue weighted by Crippen LogP contribution is 2.13. The molecule has 0 aliphatic heterocycles. The topological polar surface area (TPSA) is 59.3 Å². The minimum atomic E-state index is -3.92. The second-order valence-electron chi connectivity index (χ2n) is 3.88. The van der Waals surface area contributed by atoms with Crippen molar-refractivity contribution in [3.05, 3.63) is 54.0 Å². The number of hydrogen-bond acceptors (Lipinski definition) is 3. The number of hydrogen-bond donors (Lipinski definition) is 1. The third-order valence-electron chi connectivity index (χ3n) is 2.43. The summed E-state index contributed by atoms with van der Waals surface area (Å²) in [6.07, 6.45) is 3.40. The zero-order valence-electron chi connectivity index (χ0n) is 9.77. The number of rotatable bonds is 5. The highest BCUT2D eigenvalue weighted by molar-refractivity contribution is 7.89. The Labute approximate surface area is 109 Å². The Morgan fingerprint density at radius 3 is 2.42 bits per heavy atom. The molecule has 0 unspecified atom stereocenters. The largest absolute Gasteiger partial charge is 0.472 e. The van der Waals surface area contributed by atoms with E-state index >= 15 is 0 Å². The summed E-state index contributed by atoms with van der Waals surface area (Å²) in [5.41, 5.74) is 0.827. The first kappa shape index (κ1) is 13.7. The molecule has 0 saturated heterocycles. The van der Waals surface area contributed by atoms with E-state index in [1.165, 1.54) is 12.5 Å². The van der Waals surface area contributed by atoms with Crippen LogP contribution in [0.5, 0.6) is 0 Å². The van der Waals surface area contributed by atoms with E-state index in [1.54, 1.807) is 6.07 Å². The van der Waals surface area contributed by atoms with Gasteiger partial charge in [-0.1, -0.05) is 0 Å². The fourth-order valence-electron chi connectivity index (χ4n) is 1.53. The second kappa shape index (κ2) is 5.50. The second-order valence-corrected chi connectivity index (χ2v) is 5.65. The highest BCUT2D eigenvalue weighted by Gasteiger charge is 2.15. The van der Waals surface area contributed by atoms with Gasteiger partial charge in [0.1, 0.15) is 11.6 Å². The fourth-order valence-corrected chi connectivity index (χ4v) is 2.60. The summed E-state index contributed by atoms with van der Waals surface area (Å²) in [4.78, 5) is -0.433. The zero-order chi connectivity index (χ0) is 13.9. The van der Waals surface area contributed by atoms with Crippen LogP contribution in [0.15, 0.2) is 46.1 Å². The van der Waals surface area contributed by atoms with Crippen molar-refractivity contribution in [1.29, 1.82) is 0 Å². The van der Waals surface area contributed by atoms with Gasteiger partial charge in [-0.05, 0) is 30.2 Å². The van der Waals surface area contributed by atoms with Crippen molar-refractivity contribution in [2.24, 2.45) is 0 Å². The van der Waals surface area contributed by atoms with Gasteiger partial charge in [0.15, 0.2) is 0 Å². The van der Waals surface area contributed by atoms with Gasteiger partial charge in [-0.25, -0.2) is 21.9 Å². The summed E-state index contributed by atoms with van der Waals surface area (Å²) in [6, 6.07) is 3.85. The van der Waals surface area contributed by atoms with Crippen molar-refractivity contribution in [3.8, 4) is 0 Å².